The van der Waals surface area contributed by atoms with Crippen LogP contribution in [0, 0.1) is 0 Å². The number of carbonyl (C=O) groups is 2. The Labute approximate surface area is 240 Å². The lowest BCUT2D eigenvalue weighted by molar-refractivity contribution is -0.134. The van der Waals surface area contributed by atoms with Crippen LogP contribution in [0.25, 0.3) is 32.7 Å². The van der Waals surface area contributed by atoms with E-state index in [2.05, 4.69) is 18.2 Å². The quantitative estimate of drug-likeness (QED) is 0.0642. The van der Waals surface area contributed by atoms with Crippen LogP contribution in [0.4, 0.5) is 0 Å². The van der Waals surface area contributed by atoms with Crippen LogP contribution in [-0.2, 0) is 9.53 Å². The molecular weight excluding hydrogens is 512 g/mol. The molecule has 0 bridgehead atoms. The van der Waals surface area contributed by atoms with Gasteiger partial charge >= 0.3 is 5.97 Å². The molecule has 5 nitrogen and oxygen atoms in total. The van der Waals surface area contributed by atoms with E-state index in [1.807, 2.05) is 72.8 Å². The number of rotatable bonds is 13. The fourth-order valence-electron chi connectivity index (χ4n) is 5.09. The maximum absolute atomic E-state index is 13.1. The second kappa shape index (κ2) is 13.7. The number of benzene rings is 5. The predicted molar refractivity (Wildman–Crippen MR) is 164 cm³/mol. The number of ether oxygens (including phenoxy) is 3. The first kappa shape index (κ1) is 28.1. The monoisotopic (exact) mass is 546 g/mol. The molecule has 0 spiro atoms. The lowest BCUT2D eigenvalue weighted by atomic mass is 9.92. The van der Waals surface area contributed by atoms with Gasteiger partial charge in [0, 0.05) is 36.8 Å². The van der Waals surface area contributed by atoms with Gasteiger partial charge in [-0.15, -0.1) is 0 Å². The summed E-state index contributed by atoms with van der Waals surface area (Å²) in [7, 11) is 1.72. The molecule has 208 valence electrons. The van der Waals surface area contributed by atoms with Crippen molar-refractivity contribution in [3.63, 3.8) is 0 Å². The van der Waals surface area contributed by atoms with Crippen LogP contribution >= 0.6 is 0 Å². The van der Waals surface area contributed by atoms with Gasteiger partial charge in [0.1, 0.15) is 11.5 Å². The van der Waals surface area contributed by atoms with Crippen molar-refractivity contribution >= 4 is 33.3 Å². The summed E-state index contributed by atoms with van der Waals surface area (Å²) < 4.78 is 17.6. The topological polar surface area (TPSA) is 61.8 Å². The Morgan fingerprint density at radius 1 is 0.585 bits per heavy atom. The highest BCUT2D eigenvalue weighted by Crippen LogP contribution is 2.45. The molecule has 0 N–H and O–H groups in total. The van der Waals surface area contributed by atoms with Gasteiger partial charge in [-0.1, -0.05) is 91.0 Å². The molecule has 41 heavy (non-hydrogen) atoms. The average Bonchev–Trinajstić information content (AvgIpc) is 3.02. The van der Waals surface area contributed by atoms with E-state index in [0.29, 0.717) is 17.9 Å². The number of Topliss-reactive ketones (excluding diaryl/α,β-unsaturated/α-hetero) is 1. The number of carbonyl (C=O) groups excluding carboxylic acids is 2. The molecule has 0 aliphatic carbocycles. The fraction of sp³-hybridized carbons (Fsp3) is 0.222. The fourth-order valence-corrected chi connectivity index (χ4v) is 5.09. The molecule has 5 heteroatoms. The van der Waals surface area contributed by atoms with Gasteiger partial charge in [-0.05, 0) is 52.9 Å². The maximum atomic E-state index is 13.1. The molecule has 0 fully saturated rings. The number of unbranched alkanes of at least 4 members (excludes halogenated alkanes) is 2. The van der Waals surface area contributed by atoms with Crippen LogP contribution < -0.4 is 9.47 Å². The summed E-state index contributed by atoms with van der Waals surface area (Å²) >= 11 is 0. The van der Waals surface area contributed by atoms with Crippen LogP contribution in [-0.4, -0.2) is 32.1 Å². The predicted octanol–water partition coefficient (Wildman–Crippen LogP) is 8.42. The highest BCUT2D eigenvalue weighted by atomic mass is 16.5. The standard InChI is InChI=1S/C36H34O5/c1-39-24-10-3-11-25-40-32-21-18-26-12-6-8-16-29(26)35(32)36-30-17-9-7-13-27(30)19-22-33(36)41-34(38)23-20-31(37)28-14-4-2-5-15-28/h2,4-9,12-19,21-22H,3,10-11,20,23-25H2,1H3. The van der Waals surface area contributed by atoms with Gasteiger partial charge in [-0.3, -0.25) is 9.59 Å². The van der Waals surface area contributed by atoms with Crippen LogP contribution in [0.3, 0.4) is 0 Å². The summed E-state index contributed by atoms with van der Waals surface area (Å²) in [5, 5.41) is 4.06. The Balaban J connectivity index is 1.50. The summed E-state index contributed by atoms with van der Waals surface area (Å²) in [5.74, 6) is 0.647. The highest BCUT2D eigenvalue weighted by Gasteiger charge is 2.21. The molecule has 0 saturated heterocycles. The third kappa shape index (κ3) is 6.82. The minimum atomic E-state index is -0.452. The number of ketones is 1. The van der Waals surface area contributed by atoms with Crippen LogP contribution in [0.2, 0.25) is 0 Å². The van der Waals surface area contributed by atoms with Gasteiger partial charge in [-0.25, -0.2) is 0 Å². The molecular formula is C36H34O5. The first-order chi connectivity index (χ1) is 20.2. The van der Waals surface area contributed by atoms with Crippen molar-refractivity contribution in [1.29, 1.82) is 0 Å². The first-order valence-electron chi connectivity index (χ1n) is 14.1. The van der Waals surface area contributed by atoms with E-state index in [-0.39, 0.29) is 18.6 Å². The number of fused-ring (bicyclic) bond motifs is 2. The summed E-state index contributed by atoms with van der Waals surface area (Å²) in [5.41, 5.74) is 2.28. The molecule has 0 saturated carbocycles. The number of esters is 1. The zero-order valence-electron chi connectivity index (χ0n) is 23.3. The van der Waals surface area contributed by atoms with E-state index < -0.39 is 5.97 Å². The van der Waals surface area contributed by atoms with Gasteiger partial charge in [0.2, 0.25) is 0 Å². The third-order valence-corrected chi connectivity index (χ3v) is 7.16. The average molecular weight is 547 g/mol. The molecule has 5 aromatic rings. The summed E-state index contributed by atoms with van der Waals surface area (Å²) in [4.78, 5) is 25.7. The summed E-state index contributed by atoms with van der Waals surface area (Å²) in [6, 6.07) is 33.1. The third-order valence-electron chi connectivity index (χ3n) is 7.16. The van der Waals surface area contributed by atoms with Gasteiger partial charge in [0.05, 0.1) is 13.0 Å². The number of hydrogen-bond donors (Lipinski definition) is 0. The highest BCUT2D eigenvalue weighted by molar-refractivity contribution is 6.10. The number of methoxy groups -OCH3 is 1. The van der Waals surface area contributed by atoms with Crippen molar-refractivity contribution in [3.05, 3.63) is 109 Å². The molecule has 5 rings (SSSR count). The Hall–Kier alpha value is -4.48. The Kier molecular flexibility index (Phi) is 9.40. The van der Waals surface area contributed by atoms with E-state index in [1.165, 1.54) is 0 Å². The number of hydrogen-bond acceptors (Lipinski definition) is 5. The summed E-state index contributed by atoms with van der Waals surface area (Å²) in [6.45, 7) is 1.31. The SMILES string of the molecule is COCCCCCOc1ccc2ccccc2c1-c1c(OC(=O)CCC(=O)c2ccccc2)ccc2ccccc12. The zero-order valence-corrected chi connectivity index (χ0v) is 23.3. The van der Waals surface area contributed by atoms with Crippen molar-refractivity contribution < 1.29 is 23.8 Å². The summed E-state index contributed by atoms with van der Waals surface area (Å²) in [6.07, 6.45) is 2.97. The molecule has 0 aromatic heterocycles. The van der Waals surface area contributed by atoms with E-state index in [1.54, 1.807) is 19.2 Å². The molecule has 0 heterocycles. The minimum absolute atomic E-state index is 0.0135. The molecule has 5 aromatic carbocycles. The van der Waals surface area contributed by atoms with Gasteiger partial charge in [0.15, 0.2) is 5.78 Å². The molecule has 0 atom stereocenters. The molecule has 0 aliphatic heterocycles. The van der Waals surface area contributed by atoms with Crippen molar-refractivity contribution in [2.45, 2.75) is 32.1 Å². The van der Waals surface area contributed by atoms with Crippen molar-refractivity contribution in [1.82, 2.24) is 0 Å². The minimum Gasteiger partial charge on any atom is -0.493 e. The molecule has 0 aliphatic rings. The van der Waals surface area contributed by atoms with Gasteiger partial charge < -0.3 is 14.2 Å². The lowest BCUT2D eigenvalue weighted by Crippen LogP contribution is -2.11. The van der Waals surface area contributed by atoms with Crippen molar-refractivity contribution in [3.8, 4) is 22.6 Å². The zero-order chi connectivity index (χ0) is 28.4. The van der Waals surface area contributed by atoms with Crippen molar-refractivity contribution in [2.75, 3.05) is 20.3 Å². The smallest absolute Gasteiger partial charge is 0.311 e. The Morgan fingerprint density at radius 2 is 1.17 bits per heavy atom. The van der Waals surface area contributed by atoms with Crippen molar-refractivity contribution in [2.24, 2.45) is 0 Å². The molecule has 0 unspecified atom stereocenters. The van der Waals surface area contributed by atoms with Gasteiger partial charge in [0.25, 0.3) is 0 Å². The van der Waals surface area contributed by atoms with Crippen LogP contribution in [0.1, 0.15) is 42.5 Å². The van der Waals surface area contributed by atoms with E-state index in [4.69, 9.17) is 14.2 Å². The largest absolute Gasteiger partial charge is 0.493 e. The maximum Gasteiger partial charge on any atom is 0.311 e. The van der Waals surface area contributed by atoms with Crippen LogP contribution in [0.5, 0.6) is 11.5 Å². The normalized spacial score (nSPS) is 11.0. The Morgan fingerprint density at radius 3 is 1.85 bits per heavy atom. The second-order valence-electron chi connectivity index (χ2n) is 9.98. The molecule has 0 amide bonds. The molecule has 0 radical (unpaired) electrons. The Bertz CT molecular complexity index is 1640. The van der Waals surface area contributed by atoms with E-state index in [9.17, 15) is 9.59 Å². The van der Waals surface area contributed by atoms with Gasteiger partial charge in [-0.2, -0.15) is 0 Å². The van der Waals surface area contributed by atoms with E-state index >= 15 is 0 Å². The van der Waals surface area contributed by atoms with E-state index in [0.717, 1.165) is 64.3 Å². The lowest BCUT2D eigenvalue weighted by Gasteiger charge is -2.19. The first-order valence-corrected chi connectivity index (χ1v) is 14.1. The van der Waals surface area contributed by atoms with Crippen LogP contribution in [0.15, 0.2) is 103 Å². The second-order valence-corrected chi connectivity index (χ2v) is 9.98.